The van der Waals surface area contributed by atoms with Crippen LogP contribution in [-0.4, -0.2) is 29.6 Å². The normalized spacial score (nSPS) is 32.4. The fourth-order valence-electron chi connectivity index (χ4n) is 4.52. The highest BCUT2D eigenvalue weighted by Crippen LogP contribution is 2.34. The van der Waals surface area contributed by atoms with Crippen LogP contribution in [0.3, 0.4) is 0 Å². The Labute approximate surface area is 126 Å². The van der Waals surface area contributed by atoms with E-state index >= 15 is 0 Å². The lowest BCUT2D eigenvalue weighted by Gasteiger charge is -2.45. The van der Waals surface area contributed by atoms with Crippen LogP contribution in [0.5, 0.6) is 0 Å². The number of hydrogen-bond acceptors (Lipinski definition) is 2. The average Bonchev–Trinajstić information content (AvgIpc) is 2.92. The minimum Gasteiger partial charge on any atom is -0.326 e. The first-order valence-electron chi connectivity index (χ1n) is 9.13. The molecule has 2 aliphatic carbocycles. The Kier molecular flexibility index (Phi) is 6.35. The van der Waals surface area contributed by atoms with Gasteiger partial charge in [-0.05, 0) is 43.9 Å². The predicted molar refractivity (Wildman–Crippen MR) is 87.8 cm³/mol. The van der Waals surface area contributed by atoms with Crippen LogP contribution in [0, 0.1) is 11.8 Å². The molecule has 3 atom stereocenters. The van der Waals surface area contributed by atoms with Crippen LogP contribution < -0.4 is 5.73 Å². The van der Waals surface area contributed by atoms with Crippen molar-refractivity contribution in [1.82, 2.24) is 4.90 Å². The summed E-state index contributed by atoms with van der Waals surface area (Å²) in [6.45, 7) is 8.30. The number of rotatable bonds is 6. The summed E-state index contributed by atoms with van der Waals surface area (Å²) in [5.74, 6) is 1.69. The third kappa shape index (κ3) is 4.21. The number of hydrogen-bond donors (Lipinski definition) is 1. The fourth-order valence-corrected chi connectivity index (χ4v) is 4.52. The molecule has 2 nitrogen and oxygen atoms in total. The van der Waals surface area contributed by atoms with E-state index in [0.717, 1.165) is 17.9 Å². The molecule has 0 heterocycles. The molecule has 20 heavy (non-hydrogen) atoms. The lowest BCUT2D eigenvalue weighted by atomic mass is 9.79. The highest BCUT2D eigenvalue weighted by atomic mass is 15.2. The van der Waals surface area contributed by atoms with Gasteiger partial charge in [0.25, 0.3) is 0 Å². The van der Waals surface area contributed by atoms with Gasteiger partial charge in [0.05, 0.1) is 0 Å². The molecule has 2 heteroatoms. The topological polar surface area (TPSA) is 29.3 Å². The lowest BCUT2D eigenvalue weighted by molar-refractivity contribution is 0.0600. The second-order valence-electron chi connectivity index (χ2n) is 7.73. The van der Waals surface area contributed by atoms with Crippen LogP contribution in [0.1, 0.15) is 78.6 Å². The molecule has 118 valence electrons. The molecule has 0 amide bonds. The summed E-state index contributed by atoms with van der Waals surface area (Å²) in [6, 6.07) is 1.90. The van der Waals surface area contributed by atoms with E-state index in [1.807, 2.05) is 0 Å². The number of nitrogens with two attached hydrogens (primary N) is 1. The van der Waals surface area contributed by atoms with Crippen molar-refractivity contribution in [1.29, 1.82) is 0 Å². The van der Waals surface area contributed by atoms with Gasteiger partial charge < -0.3 is 5.73 Å². The zero-order chi connectivity index (χ0) is 14.5. The van der Waals surface area contributed by atoms with Crippen molar-refractivity contribution < 1.29 is 0 Å². The molecule has 0 saturated heterocycles. The molecular formula is C18H36N2. The average molecular weight is 280 g/mol. The Morgan fingerprint density at radius 3 is 2.40 bits per heavy atom. The van der Waals surface area contributed by atoms with Crippen LogP contribution in [-0.2, 0) is 0 Å². The molecule has 0 bridgehead atoms. The molecule has 0 aromatic rings. The van der Waals surface area contributed by atoms with Gasteiger partial charge in [0.1, 0.15) is 0 Å². The van der Waals surface area contributed by atoms with Gasteiger partial charge in [-0.15, -0.1) is 0 Å². The molecular weight excluding hydrogens is 244 g/mol. The molecule has 0 aliphatic heterocycles. The molecule has 0 aromatic heterocycles. The van der Waals surface area contributed by atoms with Crippen molar-refractivity contribution in [2.45, 2.75) is 96.7 Å². The largest absolute Gasteiger partial charge is 0.326 e. The second kappa shape index (κ2) is 7.79. The van der Waals surface area contributed by atoms with Gasteiger partial charge in [-0.2, -0.15) is 0 Å². The van der Waals surface area contributed by atoms with Crippen molar-refractivity contribution in [3.8, 4) is 0 Å². The van der Waals surface area contributed by atoms with E-state index in [1.165, 1.54) is 64.3 Å². The van der Waals surface area contributed by atoms with Gasteiger partial charge in [-0.25, -0.2) is 0 Å². The van der Waals surface area contributed by atoms with Crippen LogP contribution in [0.15, 0.2) is 0 Å². The molecule has 0 aromatic carbocycles. The lowest BCUT2D eigenvalue weighted by Crippen LogP contribution is -2.55. The van der Waals surface area contributed by atoms with E-state index in [-0.39, 0.29) is 0 Å². The quantitative estimate of drug-likeness (QED) is 0.790. The van der Waals surface area contributed by atoms with Gasteiger partial charge in [-0.1, -0.05) is 46.5 Å². The molecule has 2 rings (SSSR count). The molecule has 0 spiro atoms. The maximum atomic E-state index is 6.54. The van der Waals surface area contributed by atoms with Crippen molar-refractivity contribution in [2.75, 3.05) is 6.54 Å². The first kappa shape index (κ1) is 16.3. The zero-order valence-electron chi connectivity index (χ0n) is 14.0. The van der Waals surface area contributed by atoms with Gasteiger partial charge >= 0.3 is 0 Å². The van der Waals surface area contributed by atoms with E-state index < -0.39 is 0 Å². The minimum absolute atomic E-state index is 0.419. The van der Waals surface area contributed by atoms with Gasteiger partial charge in [0.15, 0.2) is 0 Å². The Bertz CT molecular complexity index is 271. The monoisotopic (exact) mass is 280 g/mol. The zero-order valence-corrected chi connectivity index (χ0v) is 14.0. The Balaban J connectivity index is 2.04. The van der Waals surface area contributed by atoms with Crippen LogP contribution in [0.4, 0.5) is 0 Å². The smallest absolute Gasteiger partial charge is 0.0252 e. The summed E-state index contributed by atoms with van der Waals surface area (Å²) in [5, 5.41) is 0. The summed E-state index contributed by atoms with van der Waals surface area (Å²) in [4.78, 5) is 2.84. The highest BCUT2D eigenvalue weighted by Gasteiger charge is 2.36. The van der Waals surface area contributed by atoms with Gasteiger partial charge in [-0.3, -0.25) is 4.90 Å². The maximum Gasteiger partial charge on any atom is 0.0252 e. The van der Waals surface area contributed by atoms with Crippen molar-refractivity contribution in [2.24, 2.45) is 17.6 Å². The molecule has 3 unspecified atom stereocenters. The van der Waals surface area contributed by atoms with Crippen molar-refractivity contribution in [3.05, 3.63) is 0 Å². The van der Waals surface area contributed by atoms with Crippen molar-refractivity contribution >= 4 is 0 Å². The van der Waals surface area contributed by atoms with E-state index in [0.29, 0.717) is 12.1 Å². The summed E-state index contributed by atoms with van der Waals surface area (Å²) < 4.78 is 0. The third-order valence-corrected chi connectivity index (χ3v) is 5.47. The summed E-state index contributed by atoms with van der Waals surface area (Å²) in [6.07, 6.45) is 12.4. The second-order valence-corrected chi connectivity index (χ2v) is 7.73. The minimum atomic E-state index is 0.419. The Morgan fingerprint density at radius 1 is 1.10 bits per heavy atom. The van der Waals surface area contributed by atoms with E-state index in [9.17, 15) is 0 Å². The van der Waals surface area contributed by atoms with E-state index in [1.54, 1.807) is 0 Å². The van der Waals surface area contributed by atoms with Crippen molar-refractivity contribution in [3.63, 3.8) is 0 Å². The molecule has 2 N–H and O–H groups in total. The summed E-state index contributed by atoms with van der Waals surface area (Å²) in [7, 11) is 0. The van der Waals surface area contributed by atoms with Crippen LogP contribution in [0.2, 0.25) is 0 Å². The Hall–Kier alpha value is -0.0800. The molecule has 2 fully saturated rings. The SMILES string of the molecule is CCCC1CCC(N)C(N(CC(C)C)C2CCCC2)C1. The third-order valence-electron chi connectivity index (χ3n) is 5.47. The maximum absolute atomic E-state index is 6.54. The molecule has 0 radical (unpaired) electrons. The Morgan fingerprint density at radius 2 is 1.80 bits per heavy atom. The standard InChI is InChI=1S/C18H36N2/c1-4-7-15-10-11-17(19)18(12-15)20(13-14(2)3)16-8-5-6-9-16/h14-18H,4-13,19H2,1-3H3. The van der Waals surface area contributed by atoms with Crippen LogP contribution >= 0.6 is 0 Å². The van der Waals surface area contributed by atoms with Crippen LogP contribution in [0.25, 0.3) is 0 Å². The highest BCUT2D eigenvalue weighted by molar-refractivity contribution is 4.93. The molecule has 2 aliphatic rings. The fraction of sp³-hybridized carbons (Fsp3) is 1.00. The first-order chi connectivity index (χ1) is 9.61. The summed E-state index contributed by atoms with van der Waals surface area (Å²) in [5.41, 5.74) is 6.54. The van der Waals surface area contributed by atoms with E-state index in [4.69, 9.17) is 5.73 Å². The van der Waals surface area contributed by atoms with Gasteiger partial charge in [0, 0.05) is 24.7 Å². The van der Waals surface area contributed by atoms with Gasteiger partial charge in [0.2, 0.25) is 0 Å². The molecule has 2 saturated carbocycles. The predicted octanol–water partition coefficient (Wildman–Crippen LogP) is 4.18. The van der Waals surface area contributed by atoms with E-state index in [2.05, 4.69) is 25.7 Å². The summed E-state index contributed by atoms with van der Waals surface area (Å²) >= 11 is 0. The number of nitrogens with zero attached hydrogens (tertiary/aromatic N) is 1. The first-order valence-corrected chi connectivity index (χ1v) is 9.13.